The molecule has 3 rings (SSSR count). The molecule has 0 unspecified atom stereocenters. The molecule has 28 heavy (non-hydrogen) atoms. The molecule has 7 nitrogen and oxygen atoms in total. The van der Waals surface area contributed by atoms with E-state index in [0.29, 0.717) is 23.8 Å². The van der Waals surface area contributed by atoms with Crippen molar-refractivity contribution in [1.82, 2.24) is 15.3 Å². The second kappa shape index (κ2) is 9.27. The standard InChI is InChI=1S/C20H23N5O2S/c1-25(2)18-11-16(13-28-3)22-19(24-18)14-6-8-15(9-7-14)23-20(26)21-12-17-5-4-10-27-17/h4-11H,12-13H2,1-3H3,(H2,21,23,26). The first-order valence-corrected chi connectivity index (χ1v) is 10.2. The van der Waals surface area contributed by atoms with E-state index in [1.807, 2.05) is 55.4 Å². The fourth-order valence-electron chi connectivity index (χ4n) is 2.52. The molecule has 2 amide bonds. The minimum absolute atomic E-state index is 0.294. The summed E-state index contributed by atoms with van der Waals surface area (Å²) in [6, 6.07) is 12.8. The Labute approximate surface area is 168 Å². The number of hydrogen-bond donors (Lipinski definition) is 2. The first-order chi connectivity index (χ1) is 13.5. The van der Waals surface area contributed by atoms with E-state index in [9.17, 15) is 4.79 Å². The SMILES string of the molecule is CSCc1cc(N(C)C)nc(-c2ccc(NC(=O)NCc3ccco3)cc2)n1. The number of thioether (sulfide) groups is 1. The third-order valence-corrected chi connectivity index (χ3v) is 4.50. The monoisotopic (exact) mass is 397 g/mol. The predicted octanol–water partition coefficient (Wildman–Crippen LogP) is 3.99. The topological polar surface area (TPSA) is 83.3 Å². The lowest BCUT2D eigenvalue weighted by molar-refractivity contribution is 0.251. The number of carbonyl (C=O) groups is 1. The zero-order chi connectivity index (χ0) is 19.9. The molecule has 0 spiro atoms. The number of amides is 2. The van der Waals surface area contributed by atoms with Crippen LogP contribution in [0.15, 0.2) is 53.1 Å². The van der Waals surface area contributed by atoms with E-state index in [1.165, 1.54) is 0 Å². The van der Waals surface area contributed by atoms with Gasteiger partial charge in [0.1, 0.15) is 11.6 Å². The molecule has 2 N–H and O–H groups in total. The molecule has 2 heterocycles. The number of benzene rings is 1. The van der Waals surface area contributed by atoms with Crippen LogP contribution < -0.4 is 15.5 Å². The summed E-state index contributed by atoms with van der Waals surface area (Å²) in [4.78, 5) is 23.3. The Morgan fingerprint density at radius 2 is 1.96 bits per heavy atom. The molecule has 0 radical (unpaired) electrons. The summed E-state index contributed by atoms with van der Waals surface area (Å²) < 4.78 is 5.19. The summed E-state index contributed by atoms with van der Waals surface area (Å²) in [7, 11) is 3.92. The smallest absolute Gasteiger partial charge is 0.319 e. The minimum Gasteiger partial charge on any atom is -0.467 e. The average molecular weight is 398 g/mol. The molecule has 146 valence electrons. The van der Waals surface area contributed by atoms with Crippen LogP contribution in [0.4, 0.5) is 16.3 Å². The van der Waals surface area contributed by atoms with Gasteiger partial charge in [0.2, 0.25) is 0 Å². The molecule has 1 aromatic carbocycles. The van der Waals surface area contributed by atoms with Crippen molar-refractivity contribution in [3.8, 4) is 11.4 Å². The maximum atomic E-state index is 12.0. The Kier molecular flexibility index (Phi) is 6.54. The van der Waals surface area contributed by atoms with Crippen LogP contribution in [0.25, 0.3) is 11.4 Å². The number of urea groups is 1. The number of furan rings is 1. The van der Waals surface area contributed by atoms with Crippen molar-refractivity contribution >= 4 is 29.3 Å². The zero-order valence-electron chi connectivity index (χ0n) is 16.1. The van der Waals surface area contributed by atoms with Gasteiger partial charge in [0.05, 0.1) is 18.5 Å². The predicted molar refractivity (Wildman–Crippen MR) is 114 cm³/mol. The van der Waals surface area contributed by atoms with Crippen molar-refractivity contribution in [1.29, 1.82) is 0 Å². The molecule has 0 aliphatic heterocycles. The van der Waals surface area contributed by atoms with Gasteiger partial charge in [-0.15, -0.1) is 0 Å². The van der Waals surface area contributed by atoms with Gasteiger partial charge in [0.15, 0.2) is 5.82 Å². The van der Waals surface area contributed by atoms with Gasteiger partial charge in [-0.1, -0.05) is 0 Å². The van der Waals surface area contributed by atoms with Crippen molar-refractivity contribution in [2.24, 2.45) is 0 Å². The van der Waals surface area contributed by atoms with E-state index >= 15 is 0 Å². The molecular weight excluding hydrogens is 374 g/mol. The summed E-state index contributed by atoms with van der Waals surface area (Å²) in [6.07, 6.45) is 3.63. The van der Waals surface area contributed by atoms with Crippen molar-refractivity contribution in [2.75, 3.05) is 30.6 Å². The van der Waals surface area contributed by atoms with Crippen LogP contribution in [0.1, 0.15) is 11.5 Å². The normalized spacial score (nSPS) is 10.5. The van der Waals surface area contributed by atoms with Gasteiger partial charge >= 0.3 is 6.03 Å². The number of aromatic nitrogens is 2. The lowest BCUT2D eigenvalue weighted by Gasteiger charge is -2.14. The highest BCUT2D eigenvalue weighted by Gasteiger charge is 2.09. The number of nitrogens with zero attached hydrogens (tertiary/aromatic N) is 3. The van der Waals surface area contributed by atoms with Crippen molar-refractivity contribution in [3.05, 3.63) is 60.2 Å². The molecule has 0 saturated carbocycles. The first kappa shape index (κ1) is 19.8. The molecule has 0 atom stereocenters. The summed E-state index contributed by atoms with van der Waals surface area (Å²) in [5.41, 5.74) is 2.57. The molecule has 0 saturated heterocycles. The van der Waals surface area contributed by atoms with Crippen molar-refractivity contribution in [2.45, 2.75) is 12.3 Å². The minimum atomic E-state index is -0.294. The number of rotatable bonds is 7. The van der Waals surface area contributed by atoms with Crippen LogP contribution in [0.5, 0.6) is 0 Å². The van der Waals surface area contributed by atoms with Gasteiger partial charge in [-0.05, 0) is 42.7 Å². The van der Waals surface area contributed by atoms with Gasteiger partial charge in [-0.2, -0.15) is 11.8 Å². The van der Waals surface area contributed by atoms with E-state index in [-0.39, 0.29) is 6.03 Å². The Morgan fingerprint density at radius 1 is 1.18 bits per heavy atom. The number of carbonyl (C=O) groups excluding carboxylic acids is 1. The fourth-order valence-corrected chi connectivity index (χ4v) is 2.97. The van der Waals surface area contributed by atoms with E-state index in [4.69, 9.17) is 4.42 Å². The van der Waals surface area contributed by atoms with Crippen LogP contribution in [0.2, 0.25) is 0 Å². The lowest BCUT2D eigenvalue weighted by atomic mass is 10.2. The van der Waals surface area contributed by atoms with Crippen LogP contribution in [-0.4, -0.2) is 36.4 Å². The molecule has 0 fully saturated rings. The second-order valence-electron chi connectivity index (χ2n) is 6.33. The molecule has 0 aliphatic carbocycles. The Morgan fingerprint density at radius 3 is 2.61 bits per heavy atom. The molecule has 0 bridgehead atoms. The molecule has 0 aliphatic rings. The van der Waals surface area contributed by atoms with Crippen LogP contribution in [0, 0.1) is 0 Å². The van der Waals surface area contributed by atoms with E-state index in [1.54, 1.807) is 24.1 Å². The molecule has 3 aromatic rings. The number of hydrogen-bond acceptors (Lipinski definition) is 6. The number of nitrogens with one attached hydrogen (secondary N) is 2. The van der Waals surface area contributed by atoms with Gasteiger partial charge in [-0.3, -0.25) is 0 Å². The molecular formula is C20H23N5O2S. The lowest BCUT2D eigenvalue weighted by Crippen LogP contribution is -2.27. The van der Waals surface area contributed by atoms with Gasteiger partial charge in [0, 0.05) is 37.2 Å². The summed E-state index contributed by atoms with van der Waals surface area (Å²) in [5, 5.41) is 5.55. The second-order valence-corrected chi connectivity index (χ2v) is 7.20. The van der Waals surface area contributed by atoms with Crippen molar-refractivity contribution < 1.29 is 9.21 Å². The molecule has 2 aromatic heterocycles. The third-order valence-electron chi connectivity index (χ3n) is 3.92. The van der Waals surface area contributed by atoms with E-state index in [2.05, 4.69) is 26.9 Å². The quantitative estimate of drug-likeness (QED) is 0.627. The highest BCUT2D eigenvalue weighted by atomic mass is 32.2. The maximum Gasteiger partial charge on any atom is 0.319 e. The fraction of sp³-hybridized carbons (Fsp3) is 0.250. The largest absolute Gasteiger partial charge is 0.467 e. The Hall–Kier alpha value is -3.00. The van der Waals surface area contributed by atoms with E-state index < -0.39 is 0 Å². The maximum absolute atomic E-state index is 12.0. The Balaban J connectivity index is 1.69. The van der Waals surface area contributed by atoms with Gasteiger partial charge in [0.25, 0.3) is 0 Å². The molecule has 8 heteroatoms. The first-order valence-electron chi connectivity index (χ1n) is 8.77. The number of anilines is 2. The van der Waals surface area contributed by atoms with Crippen LogP contribution >= 0.6 is 11.8 Å². The zero-order valence-corrected chi connectivity index (χ0v) is 16.9. The van der Waals surface area contributed by atoms with Gasteiger partial charge in [-0.25, -0.2) is 14.8 Å². The summed E-state index contributed by atoms with van der Waals surface area (Å²) >= 11 is 1.72. The third kappa shape index (κ3) is 5.26. The summed E-state index contributed by atoms with van der Waals surface area (Å²) in [5.74, 6) is 3.06. The summed E-state index contributed by atoms with van der Waals surface area (Å²) in [6.45, 7) is 0.334. The highest BCUT2D eigenvalue weighted by molar-refractivity contribution is 7.97. The van der Waals surface area contributed by atoms with Crippen LogP contribution in [0.3, 0.4) is 0 Å². The van der Waals surface area contributed by atoms with Crippen molar-refractivity contribution in [3.63, 3.8) is 0 Å². The highest BCUT2D eigenvalue weighted by Crippen LogP contribution is 2.22. The van der Waals surface area contributed by atoms with E-state index in [0.717, 1.165) is 22.8 Å². The van der Waals surface area contributed by atoms with Crippen LogP contribution in [-0.2, 0) is 12.3 Å². The average Bonchev–Trinajstić information content (AvgIpc) is 3.21. The Bertz CT molecular complexity index is 911. The van der Waals surface area contributed by atoms with Gasteiger partial charge < -0.3 is 20.0 Å².